The number of carbonyl (C=O) groups excluding carboxylic acids is 1. The van der Waals surface area contributed by atoms with Crippen molar-refractivity contribution < 1.29 is 13.9 Å². The molecule has 3 aliphatic heterocycles. The number of hydrazine groups is 1. The van der Waals surface area contributed by atoms with E-state index in [0.29, 0.717) is 12.1 Å². The summed E-state index contributed by atoms with van der Waals surface area (Å²) < 4.78 is 21.2. The summed E-state index contributed by atoms with van der Waals surface area (Å²) in [5.74, 6) is 6.00. The maximum absolute atomic E-state index is 13.7. The summed E-state index contributed by atoms with van der Waals surface area (Å²) in [6.07, 6.45) is 3.70. The van der Waals surface area contributed by atoms with Gasteiger partial charge in [-0.05, 0) is 50.0 Å². The number of carbonyl (C=O) groups is 1. The van der Waals surface area contributed by atoms with Crippen LogP contribution in [0.25, 0.3) is 0 Å². The van der Waals surface area contributed by atoms with Gasteiger partial charge in [0, 0.05) is 38.5 Å². The number of rotatable bonds is 4. The third-order valence-corrected chi connectivity index (χ3v) is 7.65. The minimum atomic E-state index is -0.496. The van der Waals surface area contributed by atoms with E-state index < -0.39 is 11.4 Å². The molecule has 8 nitrogen and oxygen atoms in total. The quantitative estimate of drug-likeness (QED) is 0.221. The Balaban J connectivity index is 1.43. The van der Waals surface area contributed by atoms with Crippen LogP contribution < -0.4 is 16.5 Å². The number of fused-ring (bicyclic) bond motifs is 1. The number of amides is 2. The highest BCUT2D eigenvalue weighted by atomic mass is 127. The normalized spacial score (nSPS) is 25.7. The predicted molar refractivity (Wildman–Crippen MR) is 129 cm³/mol. The Morgan fingerprint density at radius 1 is 1.44 bits per heavy atom. The summed E-state index contributed by atoms with van der Waals surface area (Å²) in [4.78, 5) is 14.9. The van der Waals surface area contributed by atoms with Gasteiger partial charge in [-0.1, -0.05) is 17.7 Å². The first-order valence-electron chi connectivity index (χ1n) is 10.7. The molecule has 2 unspecified atom stereocenters. The first-order chi connectivity index (χ1) is 15.2. The molecule has 0 spiro atoms. The molecule has 2 saturated heterocycles. The molecule has 1 aromatic carbocycles. The third-order valence-electron chi connectivity index (χ3n) is 6.54. The molecule has 0 radical (unpaired) electrons. The largest absolute Gasteiger partial charge is 0.381 e. The fourth-order valence-electron chi connectivity index (χ4n) is 4.59. The molecule has 0 aliphatic carbocycles. The van der Waals surface area contributed by atoms with Gasteiger partial charge in [0.25, 0.3) is 0 Å². The number of hydrogen-bond acceptors (Lipinski definition) is 6. The fraction of sp³-hybridized carbons (Fsp3) is 0.571. The lowest BCUT2D eigenvalue weighted by Crippen LogP contribution is -2.64. The molecule has 1 aromatic rings. The second-order valence-corrected chi connectivity index (χ2v) is 10.4. The van der Waals surface area contributed by atoms with E-state index in [1.165, 1.54) is 12.1 Å². The minimum absolute atomic E-state index is 0.00867. The highest BCUT2D eigenvalue weighted by Gasteiger charge is 2.49. The van der Waals surface area contributed by atoms with Gasteiger partial charge in [-0.25, -0.2) is 14.2 Å². The van der Waals surface area contributed by atoms with Crippen LogP contribution in [0.4, 0.5) is 9.18 Å². The van der Waals surface area contributed by atoms with Crippen molar-refractivity contribution in [3.63, 3.8) is 0 Å². The number of nitrogens with zero attached hydrogens (tertiary/aromatic N) is 3. The third kappa shape index (κ3) is 4.71. The first-order valence-corrected chi connectivity index (χ1v) is 12.1. The van der Waals surface area contributed by atoms with Crippen molar-refractivity contribution in [3.05, 3.63) is 46.4 Å². The molecule has 3 heterocycles. The molecule has 0 saturated carbocycles. The molecule has 2 fully saturated rings. The second kappa shape index (κ2) is 9.59. The molecular formula is C21H29ClFIN6O2. The molecule has 2 amide bonds. The topological polar surface area (TPSA) is 86.1 Å². The van der Waals surface area contributed by atoms with E-state index in [1.807, 2.05) is 26.9 Å². The molecule has 32 heavy (non-hydrogen) atoms. The average Bonchev–Trinajstić information content (AvgIpc) is 3.04. The Labute approximate surface area is 206 Å². The Bertz CT molecular complexity index is 897. The van der Waals surface area contributed by atoms with Crippen LogP contribution in [0.2, 0.25) is 5.02 Å². The van der Waals surface area contributed by atoms with E-state index in [9.17, 15) is 9.18 Å². The van der Waals surface area contributed by atoms with Crippen molar-refractivity contribution in [2.75, 3.05) is 19.8 Å². The van der Waals surface area contributed by atoms with Crippen LogP contribution >= 0.6 is 34.5 Å². The molecule has 176 valence electrons. The van der Waals surface area contributed by atoms with Crippen LogP contribution in [0.1, 0.15) is 32.3 Å². The predicted octanol–water partition coefficient (Wildman–Crippen LogP) is 2.93. The maximum atomic E-state index is 13.7. The lowest BCUT2D eigenvalue weighted by atomic mass is 9.92. The van der Waals surface area contributed by atoms with Crippen molar-refractivity contribution in [3.8, 4) is 0 Å². The molecular weight excluding hydrogens is 550 g/mol. The van der Waals surface area contributed by atoms with E-state index in [0.717, 1.165) is 31.6 Å². The zero-order valence-corrected chi connectivity index (χ0v) is 21.1. The number of nitrogens with two attached hydrogens (primary N) is 1. The summed E-state index contributed by atoms with van der Waals surface area (Å²) in [7, 11) is 0. The van der Waals surface area contributed by atoms with E-state index in [4.69, 9.17) is 22.2 Å². The van der Waals surface area contributed by atoms with Gasteiger partial charge in [-0.15, -0.1) is 0 Å². The lowest BCUT2D eigenvalue weighted by molar-refractivity contribution is -0.0133. The number of hydrogen-bond donors (Lipinski definition) is 3. The van der Waals surface area contributed by atoms with E-state index >= 15 is 0 Å². The lowest BCUT2D eigenvalue weighted by Gasteiger charge is -2.44. The number of urea groups is 1. The first kappa shape index (κ1) is 24.0. The SMILES string of the molecule is CC1(C)C2=CN(I)C(N(N)C3CCOCC3)NC2CN1C(=O)NCc1ccc(Cl)c(F)c1. The number of ether oxygens (including phenoxy) is 1. The Hall–Kier alpha value is -1.18. The summed E-state index contributed by atoms with van der Waals surface area (Å²) in [6.45, 7) is 6.24. The second-order valence-electron chi connectivity index (χ2n) is 8.89. The molecule has 2 atom stereocenters. The maximum Gasteiger partial charge on any atom is 0.318 e. The number of benzene rings is 1. The average molecular weight is 579 g/mol. The van der Waals surface area contributed by atoms with E-state index in [1.54, 1.807) is 6.07 Å². The Morgan fingerprint density at radius 3 is 2.84 bits per heavy atom. The van der Waals surface area contributed by atoms with Crippen LogP contribution in [0.15, 0.2) is 30.0 Å². The standard InChI is InChI=1S/C21H29ClFIN6O2/c1-21(2)15-11-29(24)19(30(25)14-5-7-32-8-6-14)27-18(15)12-28(21)20(31)26-10-13-3-4-16(22)17(23)9-13/h3-4,9,11,14,18-19,27H,5-8,10,12,25H2,1-2H3,(H,26,31). The summed E-state index contributed by atoms with van der Waals surface area (Å²) >= 11 is 8.00. The molecule has 11 heteroatoms. The van der Waals surface area contributed by atoms with Crippen LogP contribution in [0.3, 0.4) is 0 Å². The minimum Gasteiger partial charge on any atom is -0.381 e. The summed E-state index contributed by atoms with van der Waals surface area (Å²) in [5.41, 5.74) is 1.29. The fourth-order valence-corrected chi connectivity index (χ4v) is 5.46. The van der Waals surface area contributed by atoms with Crippen molar-refractivity contribution in [1.82, 2.24) is 23.7 Å². The zero-order chi connectivity index (χ0) is 23.0. The summed E-state index contributed by atoms with van der Waals surface area (Å²) in [5, 5.41) is 8.46. The monoisotopic (exact) mass is 578 g/mol. The van der Waals surface area contributed by atoms with Gasteiger partial charge in [-0.3, -0.25) is 14.3 Å². The molecule has 4 N–H and O–H groups in total. The van der Waals surface area contributed by atoms with Gasteiger partial charge in [0.2, 0.25) is 0 Å². The van der Waals surface area contributed by atoms with Crippen molar-refractivity contribution >= 4 is 40.5 Å². The van der Waals surface area contributed by atoms with Gasteiger partial charge < -0.3 is 15.0 Å². The van der Waals surface area contributed by atoms with Crippen molar-refractivity contribution in [1.29, 1.82) is 0 Å². The molecule has 0 bridgehead atoms. The van der Waals surface area contributed by atoms with Crippen molar-refractivity contribution in [2.24, 2.45) is 5.84 Å². The van der Waals surface area contributed by atoms with Gasteiger partial charge in [0.15, 0.2) is 6.29 Å². The molecule has 0 aromatic heterocycles. The highest BCUT2D eigenvalue weighted by Crippen LogP contribution is 2.38. The Kier molecular flexibility index (Phi) is 7.18. The van der Waals surface area contributed by atoms with Crippen molar-refractivity contribution in [2.45, 2.75) is 57.1 Å². The smallest absolute Gasteiger partial charge is 0.318 e. The van der Waals surface area contributed by atoms with Crippen LogP contribution in [0, 0.1) is 5.82 Å². The van der Waals surface area contributed by atoms with Crippen LogP contribution in [0.5, 0.6) is 0 Å². The van der Waals surface area contributed by atoms with E-state index in [2.05, 4.69) is 39.7 Å². The van der Waals surface area contributed by atoms with E-state index in [-0.39, 0.29) is 36.0 Å². The molecule has 4 rings (SSSR count). The van der Waals surface area contributed by atoms with Gasteiger partial charge in [0.1, 0.15) is 5.82 Å². The number of halogens is 3. The zero-order valence-electron chi connectivity index (χ0n) is 18.2. The van der Waals surface area contributed by atoms with Gasteiger partial charge in [-0.2, -0.15) is 0 Å². The molecule has 3 aliphatic rings. The highest BCUT2D eigenvalue weighted by molar-refractivity contribution is 14.1. The van der Waals surface area contributed by atoms with Crippen LogP contribution in [-0.2, 0) is 11.3 Å². The number of likely N-dealkylation sites (tertiary alicyclic amines) is 1. The Morgan fingerprint density at radius 2 is 2.16 bits per heavy atom. The van der Waals surface area contributed by atoms with Gasteiger partial charge >= 0.3 is 6.03 Å². The summed E-state index contributed by atoms with van der Waals surface area (Å²) in [6, 6.07) is 4.57. The van der Waals surface area contributed by atoms with Crippen LogP contribution in [-0.4, -0.2) is 62.7 Å². The number of nitrogens with one attached hydrogen (secondary N) is 2. The van der Waals surface area contributed by atoms with Gasteiger partial charge in [0.05, 0.1) is 39.5 Å².